The van der Waals surface area contributed by atoms with E-state index in [1.807, 2.05) is 11.8 Å². The molecular weight excluding hydrogens is 342 g/mol. The van der Waals surface area contributed by atoms with Crippen LogP contribution in [0.15, 0.2) is 29.3 Å². The standard InChI is InChI=1S/C17H21N3O4S/c1-2-24-13-5-3-12(4-6-13)18-15(21)11-14-16(22)19-17(25-14)20-7-9-23-10-8-20/h3-6,14H,2,7-11H2,1H3,(H,18,21)/t14-/m0/s1. The summed E-state index contributed by atoms with van der Waals surface area (Å²) >= 11 is 1.36. The fourth-order valence-corrected chi connectivity index (χ4v) is 3.70. The van der Waals surface area contributed by atoms with Crippen molar-refractivity contribution in [2.45, 2.75) is 18.6 Å². The molecule has 0 radical (unpaired) electrons. The highest BCUT2D eigenvalue weighted by Gasteiger charge is 2.33. The summed E-state index contributed by atoms with van der Waals surface area (Å²) in [5.41, 5.74) is 0.679. The molecule has 0 unspecified atom stereocenters. The van der Waals surface area contributed by atoms with Crippen LogP contribution in [0.1, 0.15) is 13.3 Å². The zero-order valence-electron chi connectivity index (χ0n) is 14.1. The number of carbonyl (C=O) groups excluding carboxylic acids is 2. The van der Waals surface area contributed by atoms with Crippen molar-refractivity contribution in [2.75, 3.05) is 38.2 Å². The van der Waals surface area contributed by atoms with Gasteiger partial charge < -0.3 is 19.7 Å². The highest BCUT2D eigenvalue weighted by molar-refractivity contribution is 8.15. The Balaban J connectivity index is 1.50. The lowest BCUT2D eigenvalue weighted by atomic mass is 10.2. The lowest BCUT2D eigenvalue weighted by Gasteiger charge is -2.27. The van der Waals surface area contributed by atoms with Gasteiger partial charge >= 0.3 is 0 Å². The van der Waals surface area contributed by atoms with E-state index in [2.05, 4.69) is 10.3 Å². The van der Waals surface area contributed by atoms with Crippen LogP contribution in [0.5, 0.6) is 5.75 Å². The lowest BCUT2D eigenvalue weighted by molar-refractivity contribution is -0.121. The van der Waals surface area contributed by atoms with Crippen LogP contribution in [-0.2, 0) is 14.3 Å². The monoisotopic (exact) mass is 363 g/mol. The first-order chi connectivity index (χ1) is 12.2. The number of rotatable bonds is 5. The third-order valence-electron chi connectivity index (χ3n) is 3.83. The maximum absolute atomic E-state index is 12.2. The van der Waals surface area contributed by atoms with Crippen molar-refractivity contribution in [2.24, 2.45) is 4.99 Å². The Morgan fingerprint density at radius 3 is 2.76 bits per heavy atom. The van der Waals surface area contributed by atoms with Gasteiger partial charge in [0.05, 0.1) is 19.8 Å². The molecule has 2 aliphatic heterocycles. The van der Waals surface area contributed by atoms with Gasteiger partial charge in [-0.2, -0.15) is 4.99 Å². The molecule has 3 rings (SSSR count). The van der Waals surface area contributed by atoms with Gasteiger partial charge in [0.25, 0.3) is 5.91 Å². The molecule has 2 amide bonds. The first kappa shape index (κ1) is 17.8. The van der Waals surface area contributed by atoms with Crippen molar-refractivity contribution in [1.29, 1.82) is 0 Å². The zero-order valence-corrected chi connectivity index (χ0v) is 14.9. The maximum Gasteiger partial charge on any atom is 0.262 e. The van der Waals surface area contributed by atoms with Crippen LogP contribution < -0.4 is 10.1 Å². The van der Waals surface area contributed by atoms with Crippen molar-refractivity contribution in [3.63, 3.8) is 0 Å². The highest BCUT2D eigenvalue weighted by atomic mass is 32.2. The molecule has 0 aromatic heterocycles. The van der Waals surface area contributed by atoms with Crippen molar-refractivity contribution in [1.82, 2.24) is 4.90 Å². The van der Waals surface area contributed by atoms with Crippen LogP contribution in [-0.4, -0.2) is 60.0 Å². The minimum absolute atomic E-state index is 0.105. The van der Waals surface area contributed by atoms with Gasteiger partial charge in [-0.15, -0.1) is 0 Å². The van der Waals surface area contributed by atoms with Crippen LogP contribution >= 0.6 is 11.8 Å². The van der Waals surface area contributed by atoms with Crippen LogP contribution in [0.3, 0.4) is 0 Å². The van der Waals surface area contributed by atoms with Crippen LogP contribution in [0, 0.1) is 0 Å². The number of aliphatic imine (C=N–C) groups is 1. The second-order valence-electron chi connectivity index (χ2n) is 5.65. The molecule has 1 fully saturated rings. The minimum Gasteiger partial charge on any atom is -0.494 e. The number of nitrogens with zero attached hydrogens (tertiary/aromatic N) is 2. The third kappa shape index (κ3) is 4.73. The number of amides is 2. The summed E-state index contributed by atoms with van der Waals surface area (Å²) in [6.45, 7) is 5.24. The Morgan fingerprint density at radius 1 is 1.36 bits per heavy atom. The maximum atomic E-state index is 12.2. The van der Waals surface area contributed by atoms with E-state index in [0.717, 1.165) is 18.8 Å². The predicted molar refractivity (Wildman–Crippen MR) is 97.1 cm³/mol. The lowest BCUT2D eigenvalue weighted by Crippen LogP contribution is -2.39. The smallest absolute Gasteiger partial charge is 0.262 e. The van der Waals surface area contributed by atoms with E-state index in [1.165, 1.54) is 11.8 Å². The quantitative estimate of drug-likeness (QED) is 0.858. The molecule has 25 heavy (non-hydrogen) atoms. The number of benzene rings is 1. The number of thioether (sulfide) groups is 1. The van der Waals surface area contributed by atoms with Crippen molar-refractivity contribution >= 4 is 34.4 Å². The van der Waals surface area contributed by atoms with Crippen LogP contribution in [0.25, 0.3) is 0 Å². The summed E-state index contributed by atoms with van der Waals surface area (Å²) in [5, 5.41) is 3.05. The van der Waals surface area contributed by atoms with Gasteiger partial charge in [0.2, 0.25) is 5.91 Å². The van der Waals surface area contributed by atoms with E-state index in [9.17, 15) is 9.59 Å². The van der Waals surface area contributed by atoms with Gasteiger partial charge in [-0.25, -0.2) is 0 Å². The molecule has 1 atom stereocenters. The van der Waals surface area contributed by atoms with Gasteiger partial charge in [-0.3, -0.25) is 9.59 Å². The molecule has 0 bridgehead atoms. The Morgan fingerprint density at radius 2 is 2.08 bits per heavy atom. The zero-order chi connectivity index (χ0) is 17.6. The Hall–Kier alpha value is -2.06. The Bertz CT molecular complexity index is 656. The summed E-state index contributed by atoms with van der Waals surface area (Å²) in [7, 11) is 0. The van der Waals surface area contributed by atoms with Crippen molar-refractivity contribution < 1.29 is 19.1 Å². The summed E-state index contributed by atoms with van der Waals surface area (Å²) < 4.78 is 10.7. The Kier molecular flexibility index (Phi) is 5.93. The predicted octanol–water partition coefficient (Wildman–Crippen LogP) is 1.74. The summed E-state index contributed by atoms with van der Waals surface area (Å²) in [6.07, 6.45) is 0.105. The molecule has 2 heterocycles. The topological polar surface area (TPSA) is 80.2 Å². The summed E-state index contributed by atoms with van der Waals surface area (Å²) in [5.74, 6) is 0.312. The van der Waals surface area contributed by atoms with Crippen LogP contribution in [0.2, 0.25) is 0 Å². The number of hydrogen-bond acceptors (Lipinski definition) is 6. The van der Waals surface area contributed by atoms with E-state index < -0.39 is 5.25 Å². The number of hydrogen-bond donors (Lipinski definition) is 1. The summed E-state index contributed by atoms with van der Waals surface area (Å²) in [4.78, 5) is 30.4. The Labute approximate surface area is 150 Å². The number of nitrogens with one attached hydrogen (secondary N) is 1. The molecule has 0 spiro atoms. The van der Waals surface area contributed by atoms with Gasteiger partial charge in [0.15, 0.2) is 5.17 Å². The van der Waals surface area contributed by atoms with Crippen LogP contribution in [0.4, 0.5) is 5.69 Å². The molecule has 1 aromatic rings. The molecule has 1 aromatic carbocycles. The molecule has 0 saturated carbocycles. The van der Waals surface area contributed by atoms with Gasteiger partial charge in [0.1, 0.15) is 11.0 Å². The van der Waals surface area contributed by atoms with E-state index in [0.29, 0.717) is 30.7 Å². The van der Waals surface area contributed by atoms with E-state index >= 15 is 0 Å². The number of ether oxygens (including phenoxy) is 2. The molecule has 0 aliphatic carbocycles. The number of anilines is 1. The average Bonchev–Trinajstić information content (AvgIpc) is 2.98. The normalized spacial score (nSPS) is 20.4. The molecule has 134 valence electrons. The summed E-state index contributed by atoms with van der Waals surface area (Å²) in [6, 6.07) is 7.16. The van der Waals surface area contributed by atoms with Gasteiger partial charge in [0, 0.05) is 25.2 Å². The fourth-order valence-electron chi connectivity index (χ4n) is 2.58. The second kappa shape index (κ2) is 8.35. The largest absolute Gasteiger partial charge is 0.494 e. The first-order valence-electron chi connectivity index (χ1n) is 8.30. The highest BCUT2D eigenvalue weighted by Crippen LogP contribution is 2.28. The fraction of sp³-hybridized carbons (Fsp3) is 0.471. The average molecular weight is 363 g/mol. The number of morpholine rings is 1. The number of carbonyl (C=O) groups is 2. The van der Waals surface area contributed by atoms with Crippen molar-refractivity contribution in [3.05, 3.63) is 24.3 Å². The molecule has 2 aliphatic rings. The molecular formula is C17H21N3O4S. The van der Waals surface area contributed by atoms with Crippen molar-refractivity contribution in [3.8, 4) is 5.75 Å². The molecule has 1 N–H and O–H groups in total. The third-order valence-corrected chi connectivity index (χ3v) is 5.04. The van der Waals surface area contributed by atoms with E-state index in [1.54, 1.807) is 24.3 Å². The molecule has 8 heteroatoms. The number of amidine groups is 1. The molecule has 7 nitrogen and oxygen atoms in total. The van der Waals surface area contributed by atoms with E-state index in [4.69, 9.17) is 9.47 Å². The molecule has 1 saturated heterocycles. The SMILES string of the molecule is CCOc1ccc(NC(=O)C[C@@H]2SC(N3CCOCC3)=NC2=O)cc1. The van der Waals surface area contributed by atoms with Gasteiger partial charge in [-0.05, 0) is 31.2 Å². The second-order valence-corrected chi connectivity index (χ2v) is 6.82. The minimum atomic E-state index is -0.458. The van der Waals surface area contributed by atoms with E-state index in [-0.39, 0.29) is 18.2 Å². The van der Waals surface area contributed by atoms with Gasteiger partial charge in [-0.1, -0.05) is 11.8 Å². The first-order valence-corrected chi connectivity index (χ1v) is 9.18.